The molecule has 0 amide bonds. The van der Waals surface area contributed by atoms with Crippen LogP contribution in [0.2, 0.25) is 0 Å². The van der Waals surface area contributed by atoms with Gasteiger partial charge in [0, 0.05) is 18.5 Å². The molecule has 0 aliphatic carbocycles. The number of ether oxygens (including phenoxy) is 1. The monoisotopic (exact) mass is 232 g/mol. The number of hydrogen-bond acceptors (Lipinski definition) is 3. The van der Waals surface area contributed by atoms with Crippen LogP contribution in [0.1, 0.15) is 36.4 Å². The Balaban J connectivity index is 1.70. The maximum atomic E-state index is 6.29. The number of fused-ring (bicyclic) bond motifs is 1. The van der Waals surface area contributed by atoms with Gasteiger partial charge in [0.05, 0.1) is 6.61 Å². The first kappa shape index (κ1) is 11.1. The summed E-state index contributed by atoms with van der Waals surface area (Å²) in [7, 11) is 0. The fraction of sp³-hybridized carbons (Fsp3) is 0.571. The van der Waals surface area contributed by atoms with Crippen LogP contribution >= 0.6 is 0 Å². The zero-order valence-corrected chi connectivity index (χ0v) is 10.1. The number of rotatable bonds is 3. The van der Waals surface area contributed by atoms with Crippen molar-refractivity contribution in [1.29, 1.82) is 0 Å². The zero-order valence-electron chi connectivity index (χ0n) is 10.1. The van der Waals surface area contributed by atoms with Gasteiger partial charge >= 0.3 is 0 Å². The van der Waals surface area contributed by atoms with Crippen LogP contribution in [0.15, 0.2) is 18.2 Å². The van der Waals surface area contributed by atoms with E-state index in [1.54, 1.807) is 0 Å². The molecule has 0 spiro atoms. The van der Waals surface area contributed by atoms with Crippen molar-refractivity contribution < 1.29 is 4.74 Å². The molecule has 1 aromatic carbocycles. The van der Waals surface area contributed by atoms with Gasteiger partial charge in [-0.15, -0.1) is 0 Å². The molecule has 0 aromatic heterocycles. The summed E-state index contributed by atoms with van der Waals surface area (Å²) in [5, 5.41) is 3.50. The summed E-state index contributed by atoms with van der Waals surface area (Å²) in [6, 6.07) is 7.16. The van der Waals surface area contributed by atoms with Gasteiger partial charge in [-0.3, -0.25) is 0 Å². The average Bonchev–Trinajstić information content (AvgIpc) is 2.97. The van der Waals surface area contributed by atoms with E-state index in [9.17, 15) is 0 Å². The smallest absolute Gasteiger partial charge is 0.122 e. The molecule has 3 nitrogen and oxygen atoms in total. The molecule has 0 saturated carbocycles. The minimum Gasteiger partial charge on any atom is -0.493 e. The molecule has 2 aliphatic heterocycles. The molecular formula is C14H20N2O. The lowest BCUT2D eigenvalue weighted by atomic mass is 9.97. The van der Waals surface area contributed by atoms with Crippen molar-refractivity contribution in [2.24, 2.45) is 5.73 Å². The normalized spacial score (nSPS) is 24.4. The number of nitrogens with one attached hydrogen (secondary N) is 1. The second-order valence-electron chi connectivity index (χ2n) is 5.10. The first-order chi connectivity index (χ1) is 8.33. The minimum atomic E-state index is 0.150. The largest absolute Gasteiger partial charge is 0.493 e. The predicted octanol–water partition coefficient (Wildman–Crippen LogP) is 1.76. The highest BCUT2D eigenvalue weighted by Gasteiger charge is 2.20. The summed E-state index contributed by atoms with van der Waals surface area (Å²) in [6.45, 7) is 1.97. The van der Waals surface area contributed by atoms with Gasteiger partial charge in [-0.25, -0.2) is 0 Å². The summed E-state index contributed by atoms with van der Waals surface area (Å²) >= 11 is 0. The SMILES string of the molecule is NC(CC1CCCN1)c1ccc2c(c1)CCO2. The molecular weight excluding hydrogens is 212 g/mol. The first-order valence-corrected chi connectivity index (χ1v) is 6.57. The van der Waals surface area contributed by atoms with E-state index in [1.807, 2.05) is 0 Å². The molecule has 3 heteroatoms. The third-order valence-electron chi connectivity index (χ3n) is 3.84. The van der Waals surface area contributed by atoms with E-state index in [0.717, 1.165) is 31.7 Å². The summed E-state index contributed by atoms with van der Waals surface area (Å²) in [6.07, 6.45) is 4.62. The molecule has 17 heavy (non-hydrogen) atoms. The van der Waals surface area contributed by atoms with E-state index in [1.165, 1.54) is 24.0 Å². The Morgan fingerprint density at radius 3 is 3.24 bits per heavy atom. The molecule has 0 bridgehead atoms. The number of nitrogens with two attached hydrogens (primary N) is 1. The molecule has 2 atom stereocenters. The van der Waals surface area contributed by atoms with Gasteiger partial charge in [-0.2, -0.15) is 0 Å². The van der Waals surface area contributed by atoms with Crippen LogP contribution in [0.4, 0.5) is 0 Å². The van der Waals surface area contributed by atoms with Crippen molar-refractivity contribution in [3.63, 3.8) is 0 Å². The van der Waals surface area contributed by atoms with E-state index in [0.29, 0.717) is 6.04 Å². The molecule has 3 N–H and O–H groups in total. The molecule has 2 heterocycles. The fourth-order valence-electron chi connectivity index (χ4n) is 2.84. The van der Waals surface area contributed by atoms with E-state index in [2.05, 4.69) is 23.5 Å². The van der Waals surface area contributed by atoms with Gasteiger partial charge < -0.3 is 15.8 Å². The minimum absolute atomic E-state index is 0.150. The molecule has 1 aromatic rings. The van der Waals surface area contributed by atoms with Crippen LogP contribution in [0.3, 0.4) is 0 Å². The van der Waals surface area contributed by atoms with E-state index >= 15 is 0 Å². The van der Waals surface area contributed by atoms with Gasteiger partial charge in [-0.1, -0.05) is 12.1 Å². The maximum absolute atomic E-state index is 6.29. The second kappa shape index (κ2) is 4.67. The Kier molecular flexibility index (Phi) is 3.04. The van der Waals surface area contributed by atoms with Gasteiger partial charge in [-0.05, 0) is 43.0 Å². The Morgan fingerprint density at radius 1 is 1.47 bits per heavy atom. The van der Waals surface area contributed by atoms with Gasteiger partial charge in [0.2, 0.25) is 0 Å². The number of hydrogen-bond donors (Lipinski definition) is 2. The lowest BCUT2D eigenvalue weighted by Crippen LogP contribution is -2.26. The zero-order chi connectivity index (χ0) is 11.7. The Hall–Kier alpha value is -1.06. The van der Waals surface area contributed by atoms with Crippen molar-refractivity contribution in [3.8, 4) is 5.75 Å². The van der Waals surface area contributed by atoms with Crippen molar-refractivity contribution >= 4 is 0 Å². The molecule has 3 rings (SSSR count). The Morgan fingerprint density at radius 2 is 2.41 bits per heavy atom. The third-order valence-corrected chi connectivity index (χ3v) is 3.84. The number of benzene rings is 1. The molecule has 1 saturated heterocycles. The first-order valence-electron chi connectivity index (χ1n) is 6.57. The van der Waals surface area contributed by atoms with Crippen LogP contribution in [-0.2, 0) is 6.42 Å². The van der Waals surface area contributed by atoms with Crippen molar-refractivity contribution in [1.82, 2.24) is 5.32 Å². The standard InChI is InChI=1S/C14H20N2O/c15-13(9-12-2-1-6-16-12)10-3-4-14-11(8-10)5-7-17-14/h3-4,8,12-13,16H,1-2,5-7,9,15H2. The van der Waals surface area contributed by atoms with Gasteiger partial charge in [0.25, 0.3) is 0 Å². The van der Waals surface area contributed by atoms with Crippen LogP contribution in [0.25, 0.3) is 0 Å². The van der Waals surface area contributed by atoms with Crippen molar-refractivity contribution in [2.45, 2.75) is 37.8 Å². The molecule has 92 valence electrons. The summed E-state index contributed by atoms with van der Waals surface area (Å²) in [5.41, 5.74) is 8.86. The van der Waals surface area contributed by atoms with E-state index < -0.39 is 0 Å². The highest BCUT2D eigenvalue weighted by atomic mass is 16.5. The maximum Gasteiger partial charge on any atom is 0.122 e. The van der Waals surface area contributed by atoms with E-state index in [-0.39, 0.29) is 6.04 Å². The second-order valence-corrected chi connectivity index (χ2v) is 5.10. The molecule has 2 aliphatic rings. The Bertz CT molecular complexity index is 399. The molecule has 2 unspecified atom stereocenters. The fourth-order valence-corrected chi connectivity index (χ4v) is 2.84. The van der Waals surface area contributed by atoms with Gasteiger partial charge in [0.15, 0.2) is 0 Å². The van der Waals surface area contributed by atoms with Crippen LogP contribution < -0.4 is 15.8 Å². The van der Waals surface area contributed by atoms with Crippen molar-refractivity contribution in [2.75, 3.05) is 13.2 Å². The highest BCUT2D eigenvalue weighted by Crippen LogP contribution is 2.29. The summed E-state index contributed by atoms with van der Waals surface area (Å²) in [5.74, 6) is 1.04. The lowest BCUT2D eigenvalue weighted by Gasteiger charge is -2.17. The van der Waals surface area contributed by atoms with Gasteiger partial charge in [0.1, 0.15) is 5.75 Å². The van der Waals surface area contributed by atoms with Crippen LogP contribution in [0.5, 0.6) is 5.75 Å². The van der Waals surface area contributed by atoms with Crippen molar-refractivity contribution in [3.05, 3.63) is 29.3 Å². The quantitative estimate of drug-likeness (QED) is 0.835. The highest BCUT2D eigenvalue weighted by molar-refractivity contribution is 5.40. The average molecular weight is 232 g/mol. The molecule has 0 radical (unpaired) electrons. The third kappa shape index (κ3) is 2.31. The van der Waals surface area contributed by atoms with Crippen LogP contribution in [-0.4, -0.2) is 19.2 Å². The summed E-state index contributed by atoms with van der Waals surface area (Å²) in [4.78, 5) is 0. The Labute approximate surface area is 102 Å². The predicted molar refractivity (Wildman–Crippen MR) is 68.2 cm³/mol. The topological polar surface area (TPSA) is 47.3 Å². The lowest BCUT2D eigenvalue weighted by molar-refractivity contribution is 0.356. The summed E-state index contributed by atoms with van der Waals surface area (Å²) < 4.78 is 5.51. The molecule has 1 fully saturated rings. The van der Waals surface area contributed by atoms with E-state index in [4.69, 9.17) is 10.5 Å². The van der Waals surface area contributed by atoms with Crippen LogP contribution in [0, 0.1) is 0 Å².